The lowest BCUT2D eigenvalue weighted by Gasteiger charge is -2.27. The minimum atomic E-state index is -0.997. The SMILES string of the molecule is CCC(NC(C)(C)O)Oc1ccc(CC(=O)OCC2CC3CCC2C3)cc1. The van der Waals surface area contributed by atoms with Crippen molar-refractivity contribution in [3.63, 3.8) is 0 Å². The number of rotatable bonds is 9. The molecule has 1 aromatic carbocycles. The monoisotopic (exact) mass is 375 g/mol. The van der Waals surface area contributed by atoms with E-state index in [0.717, 1.165) is 23.8 Å². The maximum atomic E-state index is 12.1. The van der Waals surface area contributed by atoms with E-state index < -0.39 is 5.72 Å². The van der Waals surface area contributed by atoms with Crippen LogP contribution in [0.15, 0.2) is 24.3 Å². The summed E-state index contributed by atoms with van der Waals surface area (Å²) in [5.74, 6) is 2.80. The van der Waals surface area contributed by atoms with Crippen LogP contribution in [0, 0.1) is 17.8 Å². The number of aliphatic hydroxyl groups is 1. The fourth-order valence-electron chi connectivity index (χ4n) is 4.46. The smallest absolute Gasteiger partial charge is 0.310 e. The summed E-state index contributed by atoms with van der Waals surface area (Å²) in [5, 5.41) is 12.9. The molecule has 0 saturated heterocycles. The van der Waals surface area contributed by atoms with Gasteiger partial charge in [-0.3, -0.25) is 10.1 Å². The molecule has 2 aliphatic carbocycles. The summed E-state index contributed by atoms with van der Waals surface area (Å²) in [7, 11) is 0. The average Bonchev–Trinajstić information content (AvgIpc) is 3.23. The number of esters is 1. The van der Waals surface area contributed by atoms with E-state index in [1.165, 1.54) is 25.7 Å². The second-order valence-electron chi connectivity index (χ2n) is 8.66. The van der Waals surface area contributed by atoms with Gasteiger partial charge in [-0.05, 0) is 75.0 Å². The van der Waals surface area contributed by atoms with Gasteiger partial charge in [0.05, 0.1) is 13.0 Å². The second kappa shape index (κ2) is 8.61. The van der Waals surface area contributed by atoms with Gasteiger partial charge >= 0.3 is 5.97 Å². The van der Waals surface area contributed by atoms with E-state index in [0.29, 0.717) is 24.7 Å². The van der Waals surface area contributed by atoms with E-state index >= 15 is 0 Å². The number of hydrogen-bond donors (Lipinski definition) is 2. The quantitative estimate of drug-likeness (QED) is 0.509. The number of benzene rings is 1. The van der Waals surface area contributed by atoms with Gasteiger partial charge in [0.1, 0.15) is 11.5 Å². The Kier molecular flexibility index (Phi) is 6.43. The van der Waals surface area contributed by atoms with Crippen LogP contribution in [0.1, 0.15) is 58.4 Å². The van der Waals surface area contributed by atoms with Crippen LogP contribution in [0.5, 0.6) is 5.75 Å². The summed E-state index contributed by atoms with van der Waals surface area (Å²) >= 11 is 0. The first-order valence-corrected chi connectivity index (χ1v) is 10.2. The molecule has 4 atom stereocenters. The molecule has 0 aliphatic heterocycles. The molecule has 150 valence electrons. The number of hydrogen-bond acceptors (Lipinski definition) is 5. The van der Waals surface area contributed by atoms with Gasteiger partial charge in [-0.2, -0.15) is 0 Å². The summed E-state index contributed by atoms with van der Waals surface area (Å²) < 4.78 is 11.4. The topological polar surface area (TPSA) is 67.8 Å². The molecule has 1 aromatic rings. The zero-order chi connectivity index (χ0) is 19.4. The van der Waals surface area contributed by atoms with Crippen molar-refractivity contribution in [1.29, 1.82) is 0 Å². The normalized spacial score (nSPS) is 25.4. The highest BCUT2D eigenvalue weighted by molar-refractivity contribution is 5.72. The van der Waals surface area contributed by atoms with E-state index in [2.05, 4.69) is 5.32 Å². The molecule has 4 unspecified atom stereocenters. The molecule has 2 aliphatic rings. The Morgan fingerprint density at radius 2 is 2.00 bits per heavy atom. The van der Waals surface area contributed by atoms with Crippen molar-refractivity contribution < 1.29 is 19.4 Å². The molecule has 0 heterocycles. The van der Waals surface area contributed by atoms with Gasteiger partial charge in [-0.25, -0.2) is 0 Å². The Bertz CT molecular complexity index is 622. The summed E-state index contributed by atoms with van der Waals surface area (Å²) in [5.41, 5.74) is -0.0767. The maximum Gasteiger partial charge on any atom is 0.310 e. The molecule has 5 heteroatoms. The van der Waals surface area contributed by atoms with Gasteiger partial charge in [-0.1, -0.05) is 25.5 Å². The molecule has 3 rings (SSSR count). The summed E-state index contributed by atoms with van der Waals surface area (Å²) in [6.07, 6.45) is 6.00. The van der Waals surface area contributed by atoms with Crippen LogP contribution in [-0.2, 0) is 16.0 Å². The maximum absolute atomic E-state index is 12.1. The van der Waals surface area contributed by atoms with Crippen LogP contribution in [0.25, 0.3) is 0 Å². The molecule has 2 fully saturated rings. The molecule has 2 saturated carbocycles. The number of nitrogens with one attached hydrogen (secondary N) is 1. The predicted molar refractivity (Wildman–Crippen MR) is 104 cm³/mol. The first-order valence-electron chi connectivity index (χ1n) is 10.2. The number of carbonyl (C=O) groups is 1. The Balaban J connectivity index is 1.43. The molecular weight excluding hydrogens is 342 g/mol. The van der Waals surface area contributed by atoms with E-state index in [1.54, 1.807) is 13.8 Å². The van der Waals surface area contributed by atoms with Crippen LogP contribution < -0.4 is 10.1 Å². The van der Waals surface area contributed by atoms with Gasteiger partial charge in [-0.15, -0.1) is 0 Å². The second-order valence-corrected chi connectivity index (χ2v) is 8.66. The molecule has 2 bridgehead atoms. The van der Waals surface area contributed by atoms with Crippen LogP contribution in [-0.4, -0.2) is 29.6 Å². The van der Waals surface area contributed by atoms with Crippen LogP contribution in [0.4, 0.5) is 0 Å². The van der Waals surface area contributed by atoms with Crippen molar-refractivity contribution in [3.05, 3.63) is 29.8 Å². The molecule has 27 heavy (non-hydrogen) atoms. The molecule has 2 N–H and O–H groups in total. The van der Waals surface area contributed by atoms with E-state index in [9.17, 15) is 9.90 Å². The molecule has 0 radical (unpaired) electrons. The number of fused-ring (bicyclic) bond motifs is 2. The third kappa shape index (κ3) is 5.94. The van der Waals surface area contributed by atoms with E-state index in [4.69, 9.17) is 9.47 Å². The van der Waals surface area contributed by atoms with Gasteiger partial charge in [0.25, 0.3) is 0 Å². The van der Waals surface area contributed by atoms with Crippen molar-refractivity contribution in [2.45, 2.75) is 71.2 Å². The number of ether oxygens (including phenoxy) is 2. The lowest BCUT2D eigenvalue weighted by molar-refractivity contribution is -0.144. The Labute approximate surface area is 162 Å². The van der Waals surface area contributed by atoms with E-state index in [1.807, 2.05) is 31.2 Å². The molecule has 0 aromatic heterocycles. The van der Waals surface area contributed by atoms with Crippen molar-refractivity contribution in [3.8, 4) is 5.75 Å². The zero-order valence-electron chi connectivity index (χ0n) is 16.7. The standard InChI is InChI=1S/C22H33NO4/c1-4-20(23-22(2,3)25)27-19-9-6-15(7-10-19)13-21(24)26-14-18-12-16-5-8-17(18)11-16/h6-7,9-10,16-18,20,23,25H,4-5,8,11-14H2,1-3H3. The first-order chi connectivity index (χ1) is 12.8. The first kappa shape index (κ1) is 20.2. The third-order valence-electron chi connectivity index (χ3n) is 5.78. The molecule has 5 nitrogen and oxygen atoms in total. The summed E-state index contributed by atoms with van der Waals surface area (Å²) in [4.78, 5) is 12.1. The van der Waals surface area contributed by atoms with Crippen molar-refractivity contribution in [2.24, 2.45) is 17.8 Å². The summed E-state index contributed by atoms with van der Waals surface area (Å²) in [6, 6.07) is 7.50. The molecule has 0 amide bonds. The lowest BCUT2D eigenvalue weighted by atomic mass is 9.89. The highest BCUT2D eigenvalue weighted by Gasteiger charge is 2.39. The number of carbonyl (C=O) groups excluding carboxylic acids is 1. The van der Waals surface area contributed by atoms with Crippen LogP contribution in [0.3, 0.4) is 0 Å². The Hall–Kier alpha value is -1.59. The van der Waals surface area contributed by atoms with Crippen LogP contribution >= 0.6 is 0 Å². The van der Waals surface area contributed by atoms with Gasteiger partial charge in [0, 0.05) is 0 Å². The molecule has 0 spiro atoms. The van der Waals surface area contributed by atoms with Gasteiger partial charge < -0.3 is 14.6 Å². The zero-order valence-corrected chi connectivity index (χ0v) is 16.7. The van der Waals surface area contributed by atoms with Crippen LogP contribution in [0.2, 0.25) is 0 Å². The Morgan fingerprint density at radius 3 is 2.56 bits per heavy atom. The van der Waals surface area contributed by atoms with Gasteiger partial charge in [0.15, 0.2) is 6.23 Å². The third-order valence-corrected chi connectivity index (χ3v) is 5.78. The Morgan fingerprint density at radius 1 is 1.26 bits per heavy atom. The fraction of sp³-hybridized carbons (Fsp3) is 0.682. The van der Waals surface area contributed by atoms with Crippen molar-refractivity contribution in [1.82, 2.24) is 5.32 Å². The largest absolute Gasteiger partial charge is 0.475 e. The predicted octanol–water partition coefficient (Wildman–Crippen LogP) is 3.64. The van der Waals surface area contributed by atoms with E-state index in [-0.39, 0.29) is 12.2 Å². The van der Waals surface area contributed by atoms with Crippen molar-refractivity contribution in [2.75, 3.05) is 6.61 Å². The van der Waals surface area contributed by atoms with Gasteiger partial charge in [0.2, 0.25) is 0 Å². The summed E-state index contributed by atoms with van der Waals surface area (Å²) in [6.45, 7) is 5.95. The average molecular weight is 376 g/mol. The fourth-order valence-corrected chi connectivity index (χ4v) is 4.46. The minimum absolute atomic E-state index is 0.151. The minimum Gasteiger partial charge on any atom is -0.475 e. The lowest BCUT2D eigenvalue weighted by Crippen LogP contribution is -2.48. The highest BCUT2D eigenvalue weighted by Crippen LogP contribution is 2.48. The molecular formula is C22H33NO4. The van der Waals surface area contributed by atoms with Crippen molar-refractivity contribution >= 4 is 5.97 Å². The highest BCUT2D eigenvalue weighted by atomic mass is 16.5.